The fourth-order valence-corrected chi connectivity index (χ4v) is 1.44. The first-order chi connectivity index (χ1) is 6.77. The maximum Gasteiger partial charge on any atom is 0.339 e. The van der Waals surface area contributed by atoms with Gasteiger partial charge in [-0.25, -0.2) is 4.79 Å². The smallest absolute Gasteiger partial charge is 0.339 e. The standard InChI is InChI=1S/C11H17NO2/c1-3-9-5-6-12-8-10(7-9)11(13)14-4-2/h7-9H,3-6H2,1-2H3. The minimum Gasteiger partial charge on any atom is -0.462 e. The van der Waals surface area contributed by atoms with Gasteiger partial charge in [0.1, 0.15) is 0 Å². The van der Waals surface area contributed by atoms with E-state index in [0.717, 1.165) is 19.4 Å². The molecule has 1 aliphatic heterocycles. The normalized spacial score (nSPS) is 21.3. The van der Waals surface area contributed by atoms with Crippen LogP contribution < -0.4 is 0 Å². The number of nitrogens with zero attached hydrogens (tertiary/aromatic N) is 1. The number of esters is 1. The fourth-order valence-electron chi connectivity index (χ4n) is 1.44. The molecule has 78 valence electrons. The molecule has 0 N–H and O–H groups in total. The topological polar surface area (TPSA) is 38.7 Å². The van der Waals surface area contributed by atoms with Crippen LogP contribution in [0.25, 0.3) is 0 Å². The van der Waals surface area contributed by atoms with E-state index in [0.29, 0.717) is 18.1 Å². The summed E-state index contributed by atoms with van der Waals surface area (Å²) in [6, 6.07) is 0. The highest BCUT2D eigenvalue weighted by molar-refractivity contribution is 6.09. The molecule has 0 saturated heterocycles. The van der Waals surface area contributed by atoms with Crippen LogP contribution in [0.2, 0.25) is 0 Å². The van der Waals surface area contributed by atoms with Gasteiger partial charge in [0, 0.05) is 12.8 Å². The second kappa shape index (κ2) is 5.58. The Kier molecular flexibility index (Phi) is 4.36. The first-order valence-corrected chi connectivity index (χ1v) is 5.16. The van der Waals surface area contributed by atoms with E-state index in [9.17, 15) is 4.79 Å². The Bertz CT molecular complexity index is 256. The molecule has 0 spiro atoms. The number of carbonyl (C=O) groups excluding carboxylic acids is 1. The van der Waals surface area contributed by atoms with E-state index >= 15 is 0 Å². The van der Waals surface area contributed by atoms with Gasteiger partial charge in [-0.1, -0.05) is 13.0 Å². The number of allylic oxidation sites excluding steroid dienone is 1. The third-order valence-corrected chi connectivity index (χ3v) is 2.31. The maximum absolute atomic E-state index is 11.4. The molecule has 0 amide bonds. The molecule has 1 aliphatic rings. The van der Waals surface area contributed by atoms with Crippen LogP contribution in [0.5, 0.6) is 0 Å². The molecule has 0 aromatic carbocycles. The highest BCUT2D eigenvalue weighted by Gasteiger charge is 2.13. The van der Waals surface area contributed by atoms with Crippen molar-refractivity contribution in [3.8, 4) is 0 Å². The van der Waals surface area contributed by atoms with E-state index < -0.39 is 0 Å². The molecule has 1 heterocycles. The van der Waals surface area contributed by atoms with Crippen molar-refractivity contribution in [1.29, 1.82) is 0 Å². The molecule has 0 fully saturated rings. The average Bonchev–Trinajstić information content (AvgIpc) is 2.43. The van der Waals surface area contributed by atoms with Crippen molar-refractivity contribution >= 4 is 12.2 Å². The molecule has 1 atom stereocenters. The molecule has 0 aliphatic carbocycles. The number of hydrogen-bond acceptors (Lipinski definition) is 3. The zero-order chi connectivity index (χ0) is 10.4. The predicted octanol–water partition coefficient (Wildman–Crippen LogP) is 1.98. The van der Waals surface area contributed by atoms with Gasteiger partial charge in [0.25, 0.3) is 0 Å². The molecule has 3 nitrogen and oxygen atoms in total. The number of aliphatic imine (C=N–C) groups is 1. The van der Waals surface area contributed by atoms with E-state index in [1.165, 1.54) is 0 Å². The Morgan fingerprint density at radius 2 is 2.43 bits per heavy atom. The summed E-state index contributed by atoms with van der Waals surface area (Å²) in [5.41, 5.74) is 0.608. The van der Waals surface area contributed by atoms with E-state index in [-0.39, 0.29) is 5.97 Å². The first-order valence-electron chi connectivity index (χ1n) is 5.16. The number of carbonyl (C=O) groups is 1. The van der Waals surface area contributed by atoms with E-state index in [2.05, 4.69) is 11.9 Å². The molecular weight excluding hydrogens is 178 g/mol. The molecule has 3 heteroatoms. The van der Waals surface area contributed by atoms with Crippen LogP contribution in [0.15, 0.2) is 16.6 Å². The molecule has 0 radical (unpaired) electrons. The fraction of sp³-hybridized carbons (Fsp3) is 0.636. The minimum absolute atomic E-state index is 0.253. The summed E-state index contributed by atoms with van der Waals surface area (Å²) in [6.07, 6.45) is 5.68. The lowest BCUT2D eigenvalue weighted by Crippen LogP contribution is -2.09. The first kappa shape index (κ1) is 11.0. The zero-order valence-corrected chi connectivity index (χ0v) is 8.82. The average molecular weight is 195 g/mol. The van der Waals surface area contributed by atoms with Crippen LogP contribution in [-0.2, 0) is 9.53 Å². The van der Waals surface area contributed by atoms with Crippen LogP contribution in [0.4, 0.5) is 0 Å². The second-order valence-electron chi connectivity index (χ2n) is 3.33. The van der Waals surface area contributed by atoms with Gasteiger partial charge in [0.15, 0.2) is 0 Å². The van der Waals surface area contributed by atoms with Gasteiger partial charge < -0.3 is 4.74 Å². The molecular formula is C11H17NO2. The van der Waals surface area contributed by atoms with E-state index in [1.54, 1.807) is 6.21 Å². The Morgan fingerprint density at radius 3 is 3.07 bits per heavy atom. The lowest BCUT2D eigenvalue weighted by atomic mass is 10.0. The highest BCUT2D eigenvalue weighted by atomic mass is 16.5. The van der Waals surface area contributed by atoms with Gasteiger partial charge in [-0.15, -0.1) is 0 Å². The summed E-state index contributed by atoms with van der Waals surface area (Å²) in [5, 5.41) is 0. The zero-order valence-electron chi connectivity index (χ0n) is 8.82. The lowest BCUT2D eigenvalue weighted by molar-refractivity contribution is -0.137. The van der Waals surface area contributed by atoms with Crippen LogP contribution in [0.3, 0.4) is 0 Å². The largest absolute Gasteiger partial charge is 0.462 e. The van der Waals surface area contributed by atoms with E-state index in [1.807, 2.05) is 13.0 Å². The van der Waals surface area contributed by atoms with Crippen LogP contribution in [0.1, 0.15) is 26.7 Å². The van der Waals surface area contributed by atoms with Crippen LogP contribution in [0, 0.1) is 5.92 Å². The molecule has 0 saturated carbocycles. The Morgan fingerprint density at radius 1 is 1.64 bits per heavy atom. The lowest BCUT2D eigenvalue weighted by Gasteiger charge is -2.06. The Hall–Kier alpha value is -1.12. The summed E-state index contributed by atoms with van der Waals surface area (Å²) in [6.45, 7) is 5.15. The van der Waals surface area contributed by atoms with Gasteiger partial charge in [-0.05, 0) is 25.7 Å². The number of rotatable bonds is 3. The monoisotopic (exact) mass is 195 g/mol. The van der Waals surface area contributed by atoms with E-state index in [4.69, 9.17) is 4.74 Å². The summed E-state index contributed by atoms with van der Waals surface area (Å²) < 4.78 is 4.93. The quantitative estimate of drug-likeness (QED) is 0.646. The molecule has 1 rings (SSSR count). The van der Waals surface area contributed by atoms with Gasteiger partial charge in [-0.3, -0.25) is 4.99 Å². The van der Waals surface area contributed by atoms with Crippen molar-refractivity contribution in [1.82, 2.24) is 0 Å². The number of ether oxygens (including phenoxy) is 1. The Balaban J connectivity index is 2.71. The second-order valence-corrected chi connectivity index (χ2v) is 3.33. The SMILES string of the molecule is CCOC(=O)C1=CC(CC)CCN=C1. The Labute approximate surface area is 84.9 Å². The summed E-state index contributed by atoms with van der Waals surface area (Å²) in [4.78, 5) is 15.6. The van der Waals surface area contributed by atoms with Crippen molar-refractivity contribution in [2.45, 2.75) is 26.7 Å². The summed E-state index contributed by atoms with van der Waals surface area (Å²) >= 11 is 0. The van der Waals surface area contributed by atoms with Crippen LogP contribution >= 0.6 is 0 Å². The molecule has 1 unspecified atom stereocenters. The maximum atomic E-state index is 11.4. The van der Waals surface area contributed by atoms with Crippen molar-refractivity contribution in [3.05, 3.63) is 11.6 Å². The van der Waals surface area contributed by atoms with Crippen molar-refractivity contribution in [2.75, 3.05) is 13.2 Å². The summed E-state index contributed by atoms with van der Waals surface area (Å²) in [7, 11) is 0. The van der Waals surface area contributed by atoms with Gasteiger partial charge in [0.2, 0.25) is 0 Å². The minimum atomic E-state index is -0.253. The van der Waals surface area contributed by atoms with Crippen molar-refractivity contribution < 1.29 is 9.53 Å². The third kappa shape index (κ3) is 2.98. The van der Waals surface area contributed by atoms with Gasteiger partial charge >= 0.3 is 5.97 Å². The predicted molar refractivity (Wildman–Crippen MR) is 56.5 cm³/mol. The molecule has 0 aromatic rings. The third-order valence-electron chi connectivity index (χ3n) is 2.31. The van der Waals surface area contributed by atoms with Crippen molar-refractivity contribution in [3.63, 3.8) is 0 Å². The highest BCUT2D eigenvalue weighted by Crippen LogP contribution is 2.15. The van der Waals surface area contributed by atoms with Crippen LogP contribution in [-0.4, -0.2) is 25.3 Å². The number of hydrogen-bond donors (Lipinski definition) is 0. The van der Waals surface area contributed by atoms with Gasteiger partial charge in [-0.2, -0.15) is 0 Å². The molecule has 0 aromatic heterocycles. The van der Waals surface area contributed by atoms with Gasteiger partial charge in [0.05, 0.1) is 12.2 Å². The molecule has 14 heavy (non-hydrogen) atoms. The summed E-state index contributed by atoms with van der Waals surface area (Å²) in [5.74, 6) is 0.202. The van der Waals surface area contributed by atoms with Crippen molar-refractivity contribution in [2.24, 2.45) is 10.9 Å². The molecule has 0 bridgehead atoms.